The molecule has 7 nitrogen and oxygen atoms in total. The Bertz CT molecular complexity index is 546. The number of halogens is 3. The molecule has 0 amide bonds. The zero-order valence-electron chi connectivity index (χ0n) is 12.3. The van der Waals surface area contributed by atoms with E-state index in [0.29, 0.717) is 5.92 Å². The quantitative estimate of drug-likeness (QED) is 0.787. The number of hydrogen-bond acceptors (Lipinski definition) is 6. The lowest BCUT2D eigenvalue weighted by Gasteiger charge is -2.21. The number of rotatable bonds is 2. The molecule has 0 unspecified atom stereocenters. The third-order valence-electron chi connectivity index (χ3n) is 3.05. The Labute approximate surface area is 129 Å². The first kappa shape index (κ1) is 18.8. The number of methoxy groups -OCH3 is 1. The second-order valence-electron chi connectivity index (χ2n) is 4.62. The van der Waals surface area contributed by atoms with E-state index in [9.17, 15) is 18.0 Å². The summed E-state index contributed by atoms with van der Waals surface area (Å²) in [7, 11) is 1.34. The Morgan fingerprint density at radius 2 is 1.91 bits per heavy atom. The molecule has 1 fully saturated rings. The van der Waals surface area contributed by atoms with Crippen LogP contribution in [0, 0.1) is 0 Å². The van der Waals surface area contributed by atoms with E-state index in [1.165, 1.54) is 7.11 Å². The lowest BCUT2D eigenvalue weighted by Crippen LogP contribution is -2.27. The molecule has 2 rings (SSSR count). The molecule has 1 aliphatic rings. The molecule has 1 aromatic rings. The van der Waals surface area contributed by atoms with Crippen LogP contribution in [-0.2, 0) is 9.53 Å². The maximum absolute atomic E-state index is 11.3. The highest BCUT2D eigenvalue weighted by atomic mass is 19.4. The topological polar surface area (TPSA) is 101 Å². The summed E-state index contributed by atoms with van der Waals surface area (Å²) < 4.78 is 36.3. The molecular formula is C13H16F3N3O4. The van der Waals surface area contributed by atoms with Crippen molar-refractivity contribution in [3.63, 3.8) is 0 Å². The van der Waals surface area contributed by atoms with Crippen LogP contribution >= 0.6 is 0 Å². The number of aromatic nitrogens is 2. The number of carbonyl (C=O) groups is 2. The van der Waals surface area contributed by atoms with Crippen molar-refractivity contribution in [1.29, 1.82) is 0 Å². The van der Waals surface area contributed by atoms with Gasteiger partial charge in [-0.1, -0.05) is 0 Å². The minimum Gasteiger partial charge on any atom is -0.475 e. The minimum atomic E-state index is -5.08. The maximum Gasteiger partial charge on any atom is 0.490 e. The maximum atomic E-state index is 11.3. The number of carbonyl (C=O) groups excluding carboxylic acids is 1. The molecule has 0 atom stereocenters. The second kappa shape index (κ2) is 8.42. The van der Waals surface area contributed by atoms with Gasteiger partial charge in [0.2, 0.25) is 5.82 Å². The van der Waals surface area contributed by atoms with Gasteiger partial charge in [-0.2, -0.15) is 13.2 Å². The normalized spacial score (nSPS) is 15.3. The highest BCUT2D eigenvalue weighted by Crippen LogP contribution is 2.22. The van der Waals surface area contributed by atoms with E-state index in [1.807, 2.05) is 6.07 Å². The summed E-state index contributed by atoms with van der Waals surface area (Å²) in [4.78, 5) is 28.3. The van der Waals surface area contributed by atoms with Gasteiger partial charge in [0.25, 0.3) is 0 Å². The summed E-state index contributed by atoms with van der Waals surface area (Å²) >= 11 is 0. The zero-order valence-corrected chi connectivity index (χ0v) is 12.3. The monoisotopic (exact) mass is 335 g/mol. The van der Waals surface area contributed by atoms with Gasteiger partial charge in [0.05, 0.1) is 7.11 Å². The van der Waals surface area contributed by atoms with Gasteiger partial charge in [-0.3, -0.25) is 0 Å². The van der Waals surface area contributed by atoms with Crippen LogP contribution in [0.3, 0.4) is 0 Å². The summed E-state index contributed by atoms with van der Waals surface area (Å²) in [6.07, 6.45) is -1.36. The van der Waals surface area contributed by atoms with E-state index in [4.69, 9.17) is 9.90 Å². The molecule has 1 aliphatic heterocycles. The Morgan fingerprint density at radius 3 is 2.39 bits per heavy atom. The summed E-state index contributed by atoms with van der Waals surface area (Å²) in [5, 5.41) is 10.4. The van der Waals surface area contributed by atoms with Crippen molar-refractivity contribution in [2.75, 3.05) is 20.2 Å². The van der Waals surface area contributed by atoms with E-state index in [2.05, 4.69) is 20.0 Å². The van der Waals surface area contributed by atoms with Crippen LogP contribution in [-0.4, -0.2) is 53.4 Å². The van der Waals surface area contributed by atoms with Crippen LogP contribution in [0.4, 0.5) is 13.2 Å². The second-order valence-corrected chi connectivity index (χ2v) is 4.62. The largest absolute Gasteiger partial charge is 0.490 e. The fraction of sp³-hybridized carbons (Fsp3) is 0.538. The molecule has 0 aliphatic carbocycles. The van der Waals surface area contributed by atoms with E-state index in [0.717, 1.165) is 31.6 Å². The van der Waals surface area contributed by atoms with Crippen LogP contribution in [0.1, 0.15) is 35.1 Å². The molecule has 2 N–H and O–H groups in total. The first-order valence-corrected chi connectivity index (χ1v) is 6.67. The molecule has 2 heterocycles. The van der Waals surface area contributed by atoms with E-state index < -0.39 is 18.1 Å². The van der Waals surface area contributed by atoms with Gasteiger partial charge in [-0.15, -0.1) is 0 Å². The predicted molar refractivity (Wildman–Crippen MR) is 71.9 cm³/mol. The number of piperidine rings is 1. The average Bonchev–Trinajstić information content (AvgIpc) is 2.54. The summed E-state index contributed by atoms with van der Waals surface area (Å²) in [6, 6.07) is 1.88. The van der Waals surface area contributed by atoms with Gasteiger partial charge in [-0.05, 0) is 32.0 Å². The first-order valence-electron chi connectivity index (χ1n) is 6.67. The lowest BCUT2D eigenvalue weighted by atomic mass is 9.94. The zero-order chi connectivity index (χ0) is 17.5. The van der Waals surface area contributed by atoms with E-state index >= 15 is 0 Å². The van der Waals surface area contributed by atoms with Crippen molar-refractivity contribution in [3.8, 4) is 0 Å². The van der Waals surface area contributed by atoms with Crippen LogP contribution in [0.5, 0.6) is 0 Å². The van der Waals surface area contributed by atoms with Crippen molar-refractivity contribution < 1.29 is 32.6 Å². The highest BCUT2D eigenvalue weighted by molar-refractivity contribution is 5.84. The number of nitrogens with zero attached hydrogens (tertiary/aromatic N) is 2. The van der Waals surface area contributed by atoms with Crippen LogP contribution < -0.4 is 5.32 Å². The number of aliphatic carboxylic acids is 1. The van der Waals surface area contributed by atoms with Crippen LogP contribution in [0.2, 0.25) is 0 Å². The molecule has 0 radical (unpaired) electrons. The van der Waals surface area contributed by atoms with Gasteiger partial charge < -0.3 is 15.2 Å². The molecule has 0 saturated carbocycles. The fourth-order valence-corrected chi connectivity index (χ4v) is 1.91. The average molecular weight is 335 g/mol. The number of hydrogen-bond donors (Lipinski definition) is 2. The van der Waals surface area contributed by atoms with Gasteiger partial charge in [-0.25, -0.2) is 19.6 Å². The molecule has 0 bridgehead atoms. The van der Waals surface area contributed by atoms with Crippen LogP contribution in [0.15, 0.2) is 12.3 Å². The highest BCUT2D eigenvalue weighted by Gasteiger charge is 2.38. The predicted octanol–water partition coefficient (Wildman–Crippen LogP) is 1.36. The van der Waals surface area contributed by atoms with Crippen LogP contribution in [0.25, 0.3) is 0 Å². The first-order chi connectivity index (χ1) is 10.8. The van der Waals surface area contributed by atoms with Crippen molar-refractivity contribution in [3.05, 3.63) is 23.8 Å². The lowest BCUT2D eigenvalue weighted by molar-refractivity contribution is -0.192. The Kier molecular flexibility index (Phi) is 6.89. The molecule has 23 heavy (non-hydrogen) atoms. The number of nitrogens with one attached hydrogen (secondary N) is 1. The standard InChI is InChI=1S/C11H15N3O2.C2HF3O2/c1-16-11(15)10-13-7-4-9(14-10)8-2-5-12-6-3-8;3-2(4,5)1(6)7/h4,7-8,12H,2-3,5-6H2,1H3;(H,6,7). The van der Waals surface area contributed by atoms with Crippen molar-refractivity contribution in [1.82, 2.24) is 15.3 Å². The molecule has 1 aromatic heterocycles. The third kappa shape index (κ3) is 6.19. The molecule has 0 aromatic carbocycles. The Morgan fingerprint density at radius 1 is 1.35 bits per heavy atom. The van der Waals surface area contributed by atoms with Crippen molar-refractivity contribution >= 4 is 11.9 Å². The smallest absolute Gasteiger partial charge is 0.475 e. The summed E-state index contributed by atoms with van der Waals surface area (Å²) in [5.41, 5.74) is 0.942. The number of carboxylic acids is 1. The molecular weight excluding hydrogens is 319 g/mol. The van der Waals surface area contributed by atoms with Crippen molar-refractivity contribution in [2.24, 2.45) is 0 Å². The van der Waals surface area contributed by atoms with Gasteiger partial charge in [0, 0.05) is 17.8 Å². The number of alkyl halides is 3. The van der Waals surface area contributed by atoms with Gasteiger partial charge in [0.15, 0.2) is 0 Å². The van der Waals surface area contributed by atoms with E-state index in [1.54, 1.807) is 6.20 Å². The SMILES string of the molecule is COC(=O)c1nccc(C2CCNCC2)n1.O=C(O)C(F)(F)F. The summed E-state index contributed by atoms with van der Waals surface area (Å²) in [5.74, 6) is -2.66. The Hall–Kier alpha value is -2.23. The summed E-state index contributed by atoms with van der Waals surface area (Å²) in [6.45, 7) is 2.00. The van der Waals surface area contributed by atoms with Crippen molar-refractivity contribution in [2.45, 2.75) is 24.9 Å². The third-order valence-corrected chi connectivity index (χ3v) is 3.05. The minimum absolute atomic E-state index is 0.151. The Balaban J connectivity index is 0.000000322. The number of carboxylic acid groups (broad SMARTS) is 1. The van der Waals surface area contributed by atoms with Gasteiger partial charge in [0.1, 0.15) is 0 Å². The molecule has 0 spiro atoms. The van der Waals surface area contributed by atoms with E-state index in [-0.39, 0.29) is 5.82 Å². The molecule has 128 valence electrons. The van der Waals surface area contributed by atoms with Gasteiger partial charge >= 0.3 is 18.1 Å². The fourth-order valence-electron chi connectivity index (χ4n) is 1.91. The number of ether oxygens (including phenoxy) is 1. The molecule has 10 heteroatoms. The number of esters is 1. The molecule has 1 saturated heterocycles.